The molecule has 0 radical (unpaired) electrons. The van der Waals surface area contributed by atoms with E-state index >= 15 is 0 Å². The fourth-order valence-electron chi connectivity index (χ4n) is 1.87. The average Bonchev–Trinajstić information content (AvgIpc) is 2.26. The summed E-state index contributed by atoms with van der Waals surface area (Å²) in [4.78, 5) is 13.7. The summed E-state index contributed by atoms with van der Waals surface area (Å²) >= 11 is 0. The normalized spacial score (nSPS) is 22.4. The average molecular weight is 251 g/mol. The van der Waals surface area contributed by atoms with Crippen LogP contribution in [0.4, 0.5) is 0 Å². The highest BCUT2D eigenvalue weighted by molar-refractivity contribution is 5.85. The second-order valence-electron chi connectivity index (χ2n) is 4.36. The van der Waals surface area contributed by atoms with Crippen LogP contribution in [0.3, 0.4) is 0 Å². The number of rotatable bonds is 4. The molecule has 0 spiro atoms. The highest BCUT2D eigenvalue weighted by atomic mass is 35.5. The molecule has 1 aliphatic rings. The Morgan fingerprint density at radius 2 is 2.31 bits per heavy atom. The molecule has 1 heterocycles. The molecule has 16 heavy (non-hydrogen) atoms. The summed E-state index contributed by atoms with van der Waals surface area (Å²) in [7, 11) is 1.71. The third kappa shape index (κ3) is 5.14. The van der Waals surface area contributed by atoms with Crippen molar-refractivity contribution in [3.63, 3.8) is 0 Å². The fraction of sp³-hybridized carbons (Fsp3) is 0.909. The topological polar surface area (TPSA) is 55.6 Å². The zero-order chi connectivity index (χ0) is 11.3. The number of nitrogens with zero attached hydrogens (tertiary/aromatic N) is 1. The van der Waals surface area contributed by atoms with Crippen molar-refractivity contribution in [2.75, 3.05) is 20.2 Å². The van der Waals surface area contributed by atoms with E-state index in [0.29, 0.717) is 6.42 Å². The Morgan fingerprint density at radius 3 is 2.88 bits per heavy atom. The van der Waals surface area contributed by atoms with Crippen LogP contribution in [0.25, 0.3) is 0 Å². The molecule has 0 aromatic heterocycles. The minimum absolute atomic E-state index is 0. The molecule has 0 bridgehead atoms. The van der Waals surface area contributed by atoms with Gasteiger partial charge in [0, 0.05) is 32.7 Å². The SMILES string of the molecule is COC1CCCN(C(=O)CCC(C)N)C1.Cl. The summed E-state index contributed by atoms with van der Waals surface area (Å²) in [6.45, 7) is 3.55. The maximum atomic E-state index is 11.8. The van der Waals surface area contributed by atoms with Crippen LogP contribution in [0.1, 0.15) is 32.6 Å². The molecule has 2 N–H and O–H groups in total. The van der Waals surface area contributed by atoms with Gasteiger partial charge in [-0.1, -0.05) is 0 Å². The number of likely N-dealkylation sites (tertiary alicyclic amines) is 1. The molecule has 1 amide bonds. The Hall–Kier alpha value is -0.320. The monoisotopic (exact) mass is 250 g/mol. The Kier molecular flexibility index (Phi) is 7.72. The number of piperidine rings is 1. The lowest BCUT2D eigenvalue weighted by Gasteiger charge is -2.32. The molecule has 2 atom stereocenters. The standard InChI is InChI=1S/C11H22N2O2.ClH/c1-9(12)5-6-11(14)13-7-3-4-10(8-13)15-2;/h9-10H,3-8,12H2,1-2H3;1H. The molecule has 96 valence electrons. The first-order valence-electron chi connectivity index (χ1n) is 5.69. The van der Waals surface area contributed by atoms with Gasteiger partial charge in [-0.3, -0.25) is 4.79 Å². The summed E-state index contributed by atoms with van der Waals surface area (Å²) in [5.74, 6) is 0.217. The van der Waals surface area contributed by atoms with Crippen LogP contribution in [0.5, 0.6) is 0 Å². The Balaban J connectivity index is 0.00000225. The van der Waals surface area contributed by atoms with Gasteiger partial charge in [-0.25, -0.2) is 0 Å². The maximum absolute atomic E-state index is 11.8. The van der Waals surface area contributed by atoms with E-state index in [9.17, 15) is 4.79 Å². The molecule has 1 rings (SSSR count). The highest BCUT2D eigenvalue weighted by Gasteiger charge is 2.22. The smallest absolute Gasteiger partial charge is 0.222 e. The lowest BCUT2D eigenvalue weighted by molar-refractivity contribution is -0.134. The van der Waals surface area contributed by atoms with Crippen molar-refractivity contribution in [2.24, 2.45) is 5.73 Å². The molecule has 0 aromatic carbocycles. The maximum Gasteiger partial charge on any atom is 0.222 e. The van der Waals surface area contributed by atoms with Crippen molar-refractivity contribution in [2.45, 2.75) is 44.8 Å². The second kappa shape index (κ2) is 7.87. The van der Waals surface area contributed by atoms with Crippen LogP contribution in [0.2, 0.25) is 0 Å². The van der Waals surface area contributed by atoms with Crippen molar-refractivity contribution >= 4 is 18.3 Å². The van der Waals surface area contributed by atoms with Gasteiger partial charge in [0.25, 0.3) is 0 Å². The van der Waals surface area contributed by atoms with Crippen molar-refractivity contribution in [3.05, 3.63) is 0 Å². The van der Waals surface area contributed by atoms with Crippen LogP contribution in [0, 0.1) is 0 Å². The summed E-state index contributed by atoms with van der Waals surface area (Å²) < 4.78 is 5.28. The van der Waals surface area contributed by atoms with E-state index in [2.05, 4.69) is 0 Å². The number of carbonyl (C=O) groups is 1. The zero-order valence-corrected chi connectivity index (χ0v) is 11.0. The van der Waals surface area contributed by atoms with Gasteiger partial charge in [-0.15, -0.1) is 12.4 Å². The van der Waals surface area contributed by atoms with E-state index in [1.165, 1.54) is 0 Å². The van der Waals surface area contributed by atoms with E-state index in [-0.39, 0.29) is 30.5 Å². The first-order chi connectivity index (χ1) is 7.13. The predicted molar refractivity (Wildman–Crippen MR) is 66.7 cm³/mol. The predicted octanol–water partition coefficient (Wildman–Crippen LogP) is 1.17. The Bertz CT molecular complexity index is 212. The number of methoxy groups -OCH3 is 1. The first-order valence-corrected chi connectivity index (χ1v) is 5.69. The van der Waals surface area contributed by atoms with Gasteiger partial charge in [0.1, 0.15) is 0 Å². The molecule has 1 aliphatic heterocycles. The molecular formula is C11H23ClN2O2. The van der Waals surface area contributed by atoms with Crippen molar-refractivity contribution in [1.29, 1.82) is 0 Å². The van der Waals surface area contributed by atoms with Crippen molar-refractivity contribution < 1.29 is 9.53 Å². The quantitative estimate of drug-likeness (QED) is 0.815. The number of amides is 1. The van der Waals surface area contributed by atoms with Gasteiger partial charge in [-0.05, 0) is 26.2 Å². The summed E-state index contributed by atoms with van der Waals surface area (Å²) in [5, 5.41) is 0. The van der Waals surface area contributed by atoms with Gasteiger partial charge < -0.3 is 15.4 Å². The molecular weight excluding hydrogens is 228 g/mol. The Morgan fingerprint density at radius 1 is 1.62 bits per heavy atom. The number of carbonyl (C=O) groups excluding carboxylic acids is 1. The molecule has 2 unspecified atom stereocenters. The summed E-state index contributed by atoms with van der Waals surface area (Å²) in [5.41, 5.74) is 5.63. The van der Waals surface area contributed by atoms with Crippen LogP contribution in [0.15, 0.2) is 0 Å². The van der Waals surface area contributed by atoms with Gasteiger partial charge >= 0.3 is 0 Å². The van der Waals surface area contributed by atoms with Crippen LogP contribution in [-0.2, 0) is 9.53 Å². The second-order valence-corrected chi connectivity index (χ2v) is 4.36. The van der Waals surface area contributed by atoms with Gasteiger partial charge in [0.2, 0.25) is 5.91 Å². The van der Waals surface area contributed by atoms with E-state index < -0.39 is 0 Å². The minimum atomic E-state index is 0. The van der Waals surface area contributed by atoms with Gasteiger partial charge in [0.15, 0.2) is 0 Å². The molecule has 0 saturated carbocycles. The van der Waals surface area contributed by atoms with Crippen LogP contribution < -0.4 is 5.73 Å². The zero-order valence-electron chi connectivity index (χ0n) is 10.1. The van der Waals surface area contributed by atoms with E-state index in [0.717, 1.165) is 32.4 Å². The third-order valence-corrected chi connectivity index (χ3v) is 2.88. The van der Waals surface area contributed by atoms with E-state index in [1.807, 2.05) is 11.8 Å². The number of ether oxygens (including phenoxy) is 1. The molecule has 4 nitrogen and oxygen atoms in total. The summed E-state index contributed by atoms with van der Waals surface area (Å²) in [6.07, 6.45) is 3.66. The van der Waals surface area contributed by atoms with Crippen LogP contribution >= 0.6 is 12.4 Å². The third-order valence-electron chi connectivity index (χ3n) is 2.88. The molecule has 1 fully saturated rings. The van der Waals surface area contributed by atoms with Crippen molar-refractivity contribution in [1.82, 2.24) is 4.90 Å². The van der Waals surface area contributed by atoms with Gasteiger partial charge in [-0.2, -0.15) is 0 Å². The van der Waals surface area contributed by atoms with Gasteiger partial charge in [0.05, 0.1) is 6.10 Å². The largest absolute Gasteiger partial charge is 0.380 e. The van der Waals surface area contributed by atoms with Crippen LogP contribution in [-0.4, -0.2) is 43.2 Å². The fourth-order valence-corrected chi connectivity index (χ4v) is 1.87. The lowest BCUT2D eigenvalue weighted by Crippen LogP contribution is -2.43. The minimum Gasteiger partial charge on any atom is -0.380 e. The van der Waals surface area contributed by atoms with E-state index in [1.54, 1.807) is 7.11 Å². The summed E-state index contributed by atoms with van der Waals surface area (Å²) in [6, 6.07) is 0.108. The molecule has 0 aromatic rings. The highest BCUT2D eigenvalue weighted by Crippen LogP contribution is 2.14. The Labute approximate surface area is 104 Å². The van der Waals surface area contributed by atoms with E-state index in [4.69, 9.17) is 10.5 Å². The number of hydrogen-bond donors (Lipinski definition) is 1. The number of nitrogens with two attached hydrogens (primary N) is 1. The first kappa shape index (κ1) is 15.7. The number of hydrogen-bond acceptors (Lipinski definition) is 3. The number of halogens is 1. The lowest BCUT2D eigenvalue weighted by atomic mass is 10.1. The molecule has 0 aliphatic carbocycles. The molecule has 1 saturated heterocycles. The molecule has 5 heteroatoms. The van der Waals surface area contributed by atoms with Crippen molar-refractivity contribution in [3.8, 4) is 0 Å².